The van der Waals surface area contributed by atoms with Gasteiger partial charge in [0.25, 0.3) is 0 Å². The van der Waals surface area contributed by atoms with Crippen LogP contribution in [0.25, 0.3) is 11.0 Å². The molecule has 0 amide bonds. The first-order valence-corrected chi connectivity index (χ1v) is 9.46. The lowest BCUT2D eigenvalue weighted by Crippen LogP contribution is -2.43. The Morgan fingerprint density at radius 2 is 1.93 bits per heavy atom. The highest BCUT2D eigenvalue weighted by Gasteiger charge is 2.29. The smallest absolute Gasteiger partial charge is 0.387 e. The van der Waals surface area contributed by atoms with Crippen LogP contribution in [0.15, 0.2) is 30.5 Å². The molecule has 1 aliphatic rings. The molecule has 2 heterocycles. The third kappa shape index (κ3) is 4.37. The van der Waals surface area contributed by atoms with Crippen molar-refractivity contribution < 1.29 is 13.5 Å². The molecule has 0 saturated heterocycles. The summed E-state index contributed by atoms with van der Waals surface area (Å²) in [4.78, 5) is 9.13. The minimum Gasteiger partial charge on any atom is -0.435 e. The Morgan fingerprint density at radius 1 is 1.21 bits per heavy atom. The fourth-order valence-electron chi connectivity index (χ4n) is 3.56. The highest BCUT2D eigenvalue weighted by Crippen LogP contribution is 2.29. The summed E-state index contributed by atoms with van der Waals surface area (Å²) in [6.45, 7) is -2.26. The molecule has 8 nitrogen and oxygen atoms in total. The van der Waals surface area contributed by atoms with Crippen molar-refractivity contribution in [2.24, 2.45) is 12.8 Å². The molecule has 4 rings (SSSR count). The fraction of sp³-hybridized carbons (Fsp3) is 0.421. The number of halogens is 2. The molecule has 1 saturated carbocycles. The van der Waals surface area contributed by atoms with Crippen molar-refractivity contribution in [2.45, 2.75) is 37.8 Å². The number of nitrogens with two attached hydrogens (primary N) is 1. The van der Waals surface area contributed by atoms with Crippen LogP contribution in [0.2, 0.25) is 0 Å². The van der Waals surface area contributed by atoms with Crippen LogP contribution in [-0.2, 0) is 7.05 Å². The monoisotopic (exact) mass is 403 g/mol. The predicted octanol–water partition coefficient (Wildman–Crippen LogP) is 3.39. The van der Waals surface area contributed by atoms with Crippen molar-refractivity contribution in [3.05, 3.63) is 30.5 Å². The van der Waals surface area contributed by atoms with E-state index in [1.165, 1.54) is 12.1 Å². The molecule has 1 aromatic carbocycles. The normalized spacial score (nSPS) is 15.8. The van der Waals surface area contributed by atoms with Crippen LogP contribution in [0.5, 0.6) is 5.75 Å². The van der Waals surface area contributed by atoms with Crippen LogP contribution >= 0.6 is 0 Å². The molecule has 3 aromatic rings. The van der Waals surface area contributed by atoms with Gasteiger partial charge in [0.05, 0.1) is 11.6 Å². The zero-order chi connectivity index (χ0) is 20.4. The number of hydrogen-bond donors (Lipinski definition) is 3. The van der Waals surface area contributed by atoms with Crippen molar-refractivity contribution >= 4 is 28.5 Å². The molecule has 0 radical (unpaired) electrons. The molecule has 0 bridgehead atoms. The average Bonchev–Trinajstić information content (AvgIpc) is 3.28. The number of anilines is 3. The third-order valence-electron chi connectivity index (χ3n) is 5.13. The van der Waals surface area contributed by atoms with Crippen LogP contribution in [0.1, 0.15) is 25.7 Å². The molecule has 0 atom stereocenters. The average molecular weight is 403 g/mol. The van der Waals surface area contributed by atoms with Gasteiger partial charge in [-0.3, -0.25) is 4.68 Å². The molecule has 0 spiro atoms. The highest BCUT2D eigenvalue weighted by atomic mass is 19.3. The molecular weight excluding hydrogens is 380 g/mol. The number of aromatic nitrogens is 4. The maximum absolute atomic E-state index is 12.3. The molecular formula is C19H23F2N7O. The van der Waals surface area contributed by atoms with E-state index >= 15 is 0 Å². The summed E-state index contributed by atoms with van der Waals surface area (Å²) >= 11 is 0. The molecule has 0 aliphatic heterocycles. The number of hydrogen-bond acceptors (Lipinski definition) is 7. The van der Waals surface area contributed by atoms with Gasteiger partial charge in [-0.15, -0.1) is 0 Å². The van der Waals surface area contributed by atoms with Gasteiger partial charge in [-0.25, -0.2) is 0 Å². The second-order valence-corrected chi connectivity index (χ2v) is 7.35. The minimum absolute atomic E-state index is 0.0897. The highest BCUT2D eigenvalue weighted by molar-refractivity contribution is 5.89. The van der Waals surface area contributed by atoms with Crippen LogP contribution in [0.3, 0.4) is 0 Å². The summed E-state index contributed by atoms with van der Waals surface area (Å²) in [5.41, 5.74) is 7.53. The molecule has 1 aliphatic carbocycles. The van der Waals surface area contributed by atoms with E-state index in [1.54, 1.807) is 30.1 Å². The van der Waals surface area contributed by atoms with Crippen molar-refractivity contribution in [3.8, 4) is 5.75 Å². The number of rotatable bonds is 7. The van der Waals surface area contributed by atoms with E-state index in [4.69, 9.17) is 5.73 Å². The molecule has 154 valence electrons. The lowest BCUT2D eigenvalue weighted by atomic mass is 10.00. The van der Waals surface area contributed by atoms with Crippen molar-refractivity contribution in [1.29, 1.82) is 0 Å². The van der Waals surface area contributed by atoms with Crippen molar-refractivity contribution in [2.75, 3.05) is 17.2 Å². The maximum atomic E-state index is 12.3. The number of aryl methyl sites for hydroxylation is 1. The first-order chi connectivity index (χ1) is 13.9. The Kier molecular flexibility index (Phi) is 5.18. The number of fused-ring (bicyclic) bond motifs is 1. The van der Waals surface area contributed by atoms with Gasteiger partial charge in [0.2, 0.25) is 5.95 Å². The van der Waals surface area contributed by atoms with Crippen molar-refractivity contribution in [1.82, 2.24) is 19.7 Å². The maximum Gasteiger partial charge on any atom is 0.387 e. The van der Waals surface area contributed by atoms with Gasteiger partial charge in [-0.05, 0) is 37.1 Å². The fourth-order valence-corrected chi connectivity index (χ4v) is 3.56. The summed E-state index contributed by atoms with van der Waals surface area (Å²) in [6.07, 6.45) is 5.91. The van der Waals surface area contributed by atoms with Crippen LogP contribution < -0.4 is 21.1 Å². The SMILES string of the molecule is Cn1ncc2c(Nc3ccc(OC(F)F)cc3)nc(NCC3(N)CCCC3)nc21. The summed E-state index contributed by atoms with van der Waals surface area (Å²) in [5, 5.41) is 11.5. The largest absolute Gasteiger partial charge is 0.435 e. The summed E-state index contributed by atoms with van der Waals surface area (Å²) in [7, 11) is 1.81. The van der Waals surface area contributed by atoms with Crippen LogP contribution in [0.4, 0.5) is 26.2 Å². The molecule has 10 heteroatoms. The molecule has 1 fully saturated rings. The van der Waals surface area contributed by atoms with Crippen LogP contribution in [-0.4, -0.2) is 38.4 Å². The molecule has 0 unspecified atom stereocenters. The molecule has 2 aromatic heterocycles. The Morgan fingerprint density at radius 3 is 2.62 bits per heavy atom. The van der Waals surface area contributed by atoms with E-state index in [-0.39, 0.29) is 11.3 Å². The quantitative estimate of drug-likeness (QED) is 0.556. The van der Waals surface area contributed by atoms with Gasteiger partial charge in [-0.1, -0.05) is 12.8 Å². The van der Waals surface area contributed by atoms with Crippen LogP contribution in [0, 0.1) is 0 Å². The van der Waals surface area contributed by atoms with Gasteiger partial charge in [0, 0.05) is 24.8 Å². The van der Waals surface area contributed by atoms with E-state index in [9.17, 15) is 8.78 Å². The summed E-state index contributed by atoms with van der Waals surface area (Å²) < 4.78 is 30.7. The molecule has 29 heavy (non-hydrogen) atoms. The number of benzene rings is 1. The van der Waals surface area contributed by atoms with Gasteiger partial charge in [-0.2, -0.15) is 23.8 Å². The zero-order valence-electron chi connectivity index (χ0n) is 16.0. The lowest BCUT2D eigenvalue weighted by Gasteiger charge is -2.23. The van der Waals surface area contributed by atoms with E-state index in [1.807, 2.05) is 0 Å². The van der Waals surface area contributed by atoms with E-state index < -0.39 is 6.61 Å². The second-order valence-electron chi connectivity index (χ2n) is 7.35. The zero-order valence-corrected chi connectivity index (χ0v) is 16.0. The van der Waals surface area contributed by atoms with E-state index in [0.29, 0.717) is 29.6 Å². The predicted molar refractivity (Wildman–Crippen MR) is 107 cm³/mol. The number of alkyl halides is 2. The molecule has 4 N–H and O–H groups in total. The van der Waals surface area contributed by atoms with Crippen molar-refractivity contribution in [3.63, 3.8) is 0 Å². The number of nitrogens with zero attached hydrogens (tertiary/aromatic N) is 4. The van der Waals surface area contributed by atoms with E-state index in [0.717, 1.165) is 31.1 Å². The first-order valence-electron chi connectivity index (χ1n) is 9.46. The Bertz CT molecular complexity index is 984. The number of nitrogens with one attached hydrogen (secondary N) is 2. The Hall–Kier alpha value is -3.01. The van der Waals surface area contributed by atoms with Gasteiger partial charge in [0.1, 0.15) is 11.6 Å². The van der Waals surface area contributed by atoms with Gasteiger partial charge in [0.15, 0.2) is 5.65 Å². The Labute approximate surface area is 166 Å². The number of ether oxygens (including phenoxy) is 1. The minimum atomic E-state index is -2.86. The summed E-state index contributed by atoms with van der Waals surface area (Å²) in [5.74, 6) is 1.11. The first kappa shape index (κ1) is 19.3. The van der Waals surface area contributed by atoms with Gasteiger partial charge >= 0.3 is 6.61 Å². The van der Waals surface area contributed by atoms with E-state index in [2.05, 4.69) is 30.4 Å². The lowest BCUT2D eigenvalue weighted by molar-refractivity contribution is -0.0498. The third-order valence-corrected chi connectivity index (χ3v) is 5.13. The van der Waals surface area contributed by atoms with Gasteiger partial charge < -0.3 is 21.1 Å². The standard InChI is InChI=1S/C19H23F2N7O/c1-28-16-14(10-24-28)15(25-12-4-6-13(7-5-12)29-17(20)21)26-18(27-16)23-11-19(22)8-2-3-9-19/h4-7,10,17H,2-3,8-9,11,22H2,1H3,(H2,23,25,26,27). The second kappa shape index (κ2) is 7.78. The summed E-state index contributed by atoms with van der Waals surface area (Å²) in [6, 6.07) is 6.21. The Balaban J connectivity index is 1.57. The topological polar surface area (TPSA) is 103 Å².